The van der Waals surface area contributed by atoms with Gasteiger partial charge in [0.2, 0.25) is 0 Å². The summed E-state index contributed by atoms with van der Waals surface area (Å²) in [6.07, 6.45) is 3.42. The summed E-state index contributed by atoms with van der Waals surface area (Å²) >= 11 is 0. The second-order valence-corrected chi connectivity index (χ2v) is 6.70. The van der Waals surface area contributed by atoms with Crippen molar-refractivity contribution in [2.24, 2.45) is 0 Å². The van der Waals surface area contributed by atoms with Crippen molar-refractivity contribution in [1.29, 1.82) is 0 Å². The molecular weight excluding hydrogens is 292 g/mol. The van der Waals surface area contributed by atoms with Crippen molar-refractivity contribution in [3.05, 3.63) is 95.3 Å². The molecule has 0 amide bonds. The average molecular weight is 316 g/mol. The second-order valence-electron chi connectivity index (χ2n) is 6.70. The van der Waals surface area contributed by atoms with E-state index in [2.05, 4.69) is 89.3 Å². The van der Waals surface area contributed by atoms with E-state index < -0.39 is 0 Å². The number of hydrogen-bond donors (Lipinski definition) is 0. The van der Waals surface area contributed by atoms with E-state index in [0.717, 1.165) is 19.6 Å². The van der Waals surface area contributed by atoms with Crippen molar-refractivity contribution in [3.63, 3.8) is 0 Å². The fourth-order valence-electron chi connectivity index (χ4n) is 3.88. The molecule has 0 saturated carbocycles. The third-order valence-corrected chi connectivity index (χ3v) is 5.07. The highest BCUT2D eigenvalue weighted by Gasteiger charge is 2.28. The highest BCUT2D eigenvalue weighted by Crippen LogP contribution is 2.34. The highest BCUT2D eigenvalue weighted by molar-refractivity contribution is 5.35. The van der Waals surface area contributed by atoms with E-state index >= 15 is 0 Å². The molecule has 122 valence electrons. The lowest BCUT2D eigenvalue weighted by molar-refractivity contribution is 0.220. The average Bonchev–Trinajstić information content (AvgIpc) is 2.99. The molecule has 0 radical (unpaired) electrons. The molecule has 24 heavy (non-hydrogen) atoms. The largest absolute Gasteiger partial charge is 0.350 e. The minimum Gasteiger partial charge on any atom is -0.350 e. The molecule has 0 bridgehead atoms. The summed E-state index contributed by atoms with van der Waals surface area (Å²) < 4.78 is 2.43. The first-order chi connectivity index (χ1) is 11.8. The van der Waals surface area contributed by atoms with Gasteiger partial charge in [0.25, 0.3) is 0 Å². The maximum atomic E-state index is 2.64. The molecule has 3 aromatic rings. The molecule has 0 N–H and O–H groups in total. The Morgan fingerprint density at radius 2 is 1.67 bits per heavy atom. The first kappa shape index (κ1) is 15.2. The zero-order chi connectivity index (χ0) is 16.4. The Labute approximate surface area is 144 Å². The summed E-state index contributed by atoms with van der Waals surface area (Å²) in [7, 11) is 0. The summed E-state index contributed by atoms with van der Waals surface area (Å²) in [5.74, 6) is 0. The van der Waals surface area contributed by atoms with Gasteiger partial charge in [-0.2, -0.15) is 0 Å². The second kappa shape index (κ2) is 6.66. The molecule has 1 atom stereocenters. The van der Waals surface area contributed by atoms with E-state index in [1.54, 1.807) is 0 Å². The maximum absolute atomic E-state index is 2.64. The first-order valence-electron chi connectivity index (χ1n) is 8.81. The molecule has 1 unspecified atom stereocenters. The van der Waals surface area contributed by atoms with Gasteiger partial charge in [-0.15, -0.1) is 0 Å². The van der Waals surface area contributed by atoms with Gasteiger partial charge in [-0.25, -0.2) is 0 Å². The molecule has 0 saturated heterocycles. The van der Waals surface area contributed by atoms with Gasteiger partial charge < -0.3 is 4.57 Å². The number of nitrogens with zero attached hydrogens (tertiary/aromatic N) is 2. The quantitative estimate of drug-likeness (QED) is 0.674. The SMILES string of the molecule is Cc1ccccc1C1c2cccn2CCCN1Cc1ccccc1. The van der Waals surface area contributed by atoms with Crippen molar-refractivity contribution in [1.82, 2.24) is 9.47 Å². The zero-order valence-corrected chi connectivity index (χ0v) is 14.2. The van der Waals surface area contributed by atoms with E-state index in [1.165, 1.54) is 28.8 Å². The van der Waals surface area contributed by atoms with Gasteiger partial charge >= 0.3 is 0 Å². The normalized spacial score (nSPS) is 18.1. The molecular formula is C22H24N2. The number of hydrogen-bond acceptors (Lipinski definition) is 1. The maximum Gasteiger partial charge on any atom is 0.0761 e. The molecule has 1 aromatic heterocycles. The van der Waals surface area contributed by atoms with E-state index in [0.29, 0.717) is 6.04 Å². The minimum absolute atomic E-state index is 0.323. The lowest BCUT2D eigenvalue weighted by atomic mass is 9.97. The lowest BCUT2D eigenvalue weighted by Crippen LogP contribution is -2.30. The van der Waals surface area contributed by atoms with Crippen LogP contribution in [-0.4, -0.2) is 16.0 Å². The lowest BCUT2D eigenvalue weighted by Gasteiger charge is -2.31. The van der Waals surface area contributed by atoms with Crippen molar-refractivity contribution < 1.29 is 0 Å². The van der Waals surface area contributed by atoms with E-state index in [1.807, 2.05) is 0 Å². The van der Waals surface area contributed by atoms with Crippen LogP contribution in [0, 0.1) is 6.92 Å². The van der Waals surface area contributed by atoms with Gasteiger partial charge in [-0.3, -0.25) is 4.90 Å². The summed E-state index contributed by atoms with van der Waals surface area (Å²) in [4.78, 5) is 2.64. The van der Waals surface area contributed by atoms with Crippen molar-refractivity contribution >= 4 is 0 Å². The third kappa shape index (κ3) is 2.90. The Morgan fingerprint density at radius 1 is 0.875 bits per heavy atom. The van der Waals surface area contributed by atoms with Crippen LogP contribution < -0.4 is 0 Å². The van der Waals surface area contributed by atoms with Gasteiger partial charge in [0, 0.05) is 31.5 Å². The van der Waals surface area contributed by atoms with E-state index in [9.17, 15) is 0 Å². The molecule has 2 heteroatoms. The van der Waals surface area contributed by atoms with Gasteiger partial charge in [-0.1, -0.05) is 54.6 Å². The van der Waals surface area contributed by atoms with Gasteiger partial charge in [-0.05, 0) is 42.2 Å². The fourth-order valence-corrected chi connectivity index (χ4v) is 3.88. The number of aromatic nitrogens is 1. The smallest absolute Gasteiger partial charge is 0.0761 e. The summed E-state index contributed by atoms with van der Waals surface area (Å²) in [6, 6.07) is 24.5. The molecule has 1 aliphatic rings. The molecule has 1 aliphatic heterocycles. The van der Waals surface area contributed by atoms with Crippen LogP contribution in [0.5, 0.6) is 0 Å². The number of benzene rings is 2. The van der Waals surface area contributed by atoms with E-state index in [-0.39, 0.29) is 0 Å². The summed E-state index contributed by atoms with van der Waals surface area (Å²) in [5.41, 5.74) is 5.60. The van der Waals surface area contributed by atoms with Crippen molar-refractivity contribution in [2.45, 2.75) is 32.5 Å². The summed E-state index contributed by atoms with van der Waals surface area (Å²) in [6.45, 7) is 5.45. The Kier molecular flexibility index (Phi) is 4.22. The van der Waals surface area contributed by atoms with Crippen LogP contribution in [0.1, 0.15) is 34.8 Å². The van der Waals surface area contributed by atoms with Gasteiger partial charge in [0.05, 0.1) is 6.04 Å². The minimum atomic E-state index is 0.323. The molecule has 2 aromatic carbocycles. The van der Waals surface area contributed by atoms with Crippen LogP contribution in [0.2, 0.25) is 0 Å². The molecule has 2 nitrogen and oxygen atoms in total. The topological polar surface area (TPSA) is 8.17 Å². The monoisotopic (exact) mass is 316 g/mol. The third-order valence-electron chi connectivity index (χ3n) is 5.07. The Morgan fingerprint density at radius 3 is 2.50 bits per heavy atom. The zero-order valence-electron chi connectivity index (χ0n) is 14.2. The predicted molar refractivity (Wildman–Crippen MR) is 98.9 cm³/mol. The van der Waals surface area contributed by atoms with Crippen LogP contribution in [-0.2, 0) is 13.1 Å². The fraction of sp³-hybridized carbons (Fsp3) is 0.273. The molecule has 0 aliphatic carbocycles. The Bertz CT molecular complexity index is 804. The number of aryl methyl sites for hydroxylation is 2. The molecule has 4 rings (SSSR count). The first-order valence-corrected chi connectivity index (χ1v) is 8.81. The predicted octanol–water partition coefficient (Wildman–Crippen LogP) is 4.79. The molecule has 0 spiro atoms. The van der Waals surface area contributed by atoms with Gasteiger partial charge in [0.15, 0.2) is 0 Å². The van der Waals surface area contributed by atoms with Crippen molar-refractivity contribution in [3.8, 4) is 0 Å². The Hall–Kier alpha value is -2.32. The number of fused-ring (bicyclic) bond motifs is 1. The van der Waals surface area contributed by atoms with Crippen LogP contribution >= 0.6 is 0 Å². The molecule has 0 fully saturated rings. The van der Waals surface area contributed by atoms with E-state index in [4.69, 9.17) is 0 Å². The van der Waals surface area contributed by atoms with Crippen molar-refractivity contribution in [2.75, 3.05) is 6.54 Å². The number of rotatable bonds is 3. The summed E-state index contributed by atoms with van der Waals surface area (Å²) in [5, 5.41) is 0. The molecule has 2 heterocycles. The Balaban J connectivity index is 1.77. The van der Waals surface area contributed by atoms with Crippen LogP contribution in [0.15, 0.2) is 72.9 Å². The van der Waals surface area contributed by atoms with Crippen LogP contribution in [0.3, 0.4) is 0 Å². The van der Waals surface area contributed by atoms with Crippen LogP contribution in [0.25, 0.3) is 0 Å². The van der Waals surface area contributed by atoms with Gasteiger partial charge in [0.1, 0.15) is 0 Å². The highest BCUT2D eigenvalue weighted by atomic mass is 15.2. The van der Waals surface area contributed by atoms with Crippen LogP contribution in [0.4, 0.5) is 0 Å². The standard InChI is InChI=1S/C22H24N2/c1-18-9-5-6-12-20(18)22-21-13-7-14-23(21)15-8-16-24(22)17-19-10-3-2-4-11-19/h2-7,9-14,22H,8,15-17H2,1H3.